The Bertz CT molecular complexity index is 516. The van der Waals surface area contributed by atoms with Gasteiger partial charge in [-0.3, -0.25) is 9.59 Å². The van der Waals surface area contributed by atoms with Crippen molar-refractivity contribution in [3.63, 3.8) is 0 Å². The third-order valence-corrected chi connectivity index (χ3v) is 4.46. The van der Waals surface area contributed by atoms with Gasteiger partial charge in [-0.05, 0) is 23.3 Å². The van der Waals surface area contributed by atoms with Crippen molar-refractivity contribution in [2.24, 2.45) is 0 Å². The smallest absolute Gasteiger partial charge is 0.311 e. The quantitative estimate of drug-likeness (QED) is 0.927. The lowest BCUT2D eigenvalue weighted by atomic mass is 9.90. The van der Waals surface area contributed by atoms with E-state index in [0.29, 0.717) is 24.0 Å². The first kappa shape index (κ1) is 14.9. The normalized spacial score (nSPS) is 17.9. The number of hydrogen-bond donors (Lipinski definition) is 1. The molecule has 0 radical (unpaired) electrons. The van der Waals surface area contributed by atoms with Crippen molar-refractivity contribution in [2.75, 3.05) is 17.2 Å². The average Bonchev–Trinajstić information content (AvgIpc) is 2.43. The number of carboxylic acids is 1. The van der Waals surface area contributed by atoms with Gasteiger partial charge in [-0.2, -0.15) is 0 Å². The maximum Gasteiger partial charge on any atom is 0.311 e. The van der Waals surface area contributed by atoms with E-state index in [9.17, 15) is 14.7 Å². The van der Waals surface area contributed by atoms with E-state index < -0.39 is 11.9 Å². The summed E-state index contributed by atoms with van der Waals surface area (Å²) >= 11 is 1.61. The first-order chi connectivity index (χ1) is 9.50. The molecule has 1 amide bonds. The van der Waals surface area contributed by atoms with Gasteiger partial charge in [-0.15, -0.1) is 11.8 Å². The molecule has 1 aliphatic heterocycles. The number of fused-ring (bicyclic) bond motifs is 1. The van der Waals surface area contributed by atoms with Crippen LogP contribution >= 0.6 is 11.8 Å². The highest BCUT2D eigenvalue weighted by molar-refractivity contribution is 8.00. The van der Waals surface area contributed by atoms with Crippen LogP contribution in [0, 0.1) is 0 Å². The van der Waals surface area contributed by atoms with E-state index >= 15 is 0 Å². The number of amides is 1. The lowest BCUT2D eigenvalue weighted by Crippen LogP contribution is -2.39. The third-order valence-electron chi connectivity index (χ3n) is 3.38. The van der Waals surface area contributed by atoms with E-state index in [1.807, 2.05) is 24.3 Å². The van der Waals surface area contributed by atoms with Crippen LogP contribution in [0.2, 0.25) is 0 Å². The summed E-state index contributed by atoms with van der Waals surface area (Å²) in [5.74, 6) is -0.835. The second-order valence-electron chi connectivity index (χ2n) is 5.14. The molecule has 1 heterocycles. The Kier molecular flexibility index (Phi) is 4.70. The predicted octanol–water partition coefficient (Wildman–Crippen LogP) is 2.73. The molecule has 0 bridgehead atoms. The van der Waals surface area contributed by atoms with Gasteiger partial charge in [-0.1, -0.05) is 32.0 Å². The fourth-order valence-electron chi connectivity index (χ4n) is 2.39. The summed E-state index contributed by atoms with van der Waals surface area (Å²) in [6.45, 7) is 4.59. The van der Waals surface area contributed by atoms with Gasteiger partial charge < -0.3 is 10.0 Å². The summed E-state index contributed by atoms with van der Waals surface area (Å²) in [4.78, 5) is 25.3. The molecule has 0 saturated carbocycles. The topological polar surface area (TPSA) is 57.6 Å². The van der Waals surface area contributed by atoms with Crippen LogP contribution in [0.3, 0.4) is 0 Å². The Morgan fingerprint density at radius 2 is 2.10 bits per heavy atom. The Hall–Kier alpha value is -1.49. The highest BCUT2D eigenvalue weighted by Gasteiger charge is 2.32. The van der Waals surface area contributed by atoms with Gasteiger partial charge in [0.1, 0.15) is 0 Å². The molecular formula is C15H19NO3S. The van der Waals surface area contributed by atoms with Gasteiger partial charge in [0.25, 0.3) is 0 Å². The van der Waals surface area contributed by atoms with Gasteiger partial charge in [0.2, 0.25) is 5.91 Å². The van der Waals surface area contributed by atoms with Crippen LogP contribution in [-0.4, -0.2) is 34.5 Å². The fourth-order valence-corrected chi connectivity index (χ4v) is 3.03. The number of carboxylic acid groups (broad SMARTS) is 1. The van der Waals surface area contributed by atoms with Crippen molar-refractivity contribution in [3.8, 4) is 0 Å². The number of anilines is 1. The zero-order valence-electron chi connectivity index (χ0n) is 11.7. The number of para-hydroxylation sites is 1. The first-order valence-corrected chi connectivity index (χ1v) is 7.79. The molecule has 5 heteroatoms. The summed E-state index contributed by atoms with van der Waals surface area (Å²) in [5, 5.41) is 9.69. The number of rotatable bonds is 4. The SMILES string of the molecule is CC(C)SCC(=O)N1CCC(C(=O)O)c2ccccc21. The molecule has 1 aromatic rings. The monoisotopic (exact) mass is 293 g/mol. The van der Waals surface area contributed by atoms with E-state index in [0.717, 1.165) is 11.3 Å². The van der Waals surface area contributed by atoms with Gasteiger partial charge in [0.15, 0.2) is 0 Å². The van der Waals surface area contributed by atoms with Crippen molar-refractivity contribution in [3.05, 3.63) is 29.8 Å². The van der Waals surface area contributed by atoms with Gasteiger partial charge in [0.05, 0.1) is 11.7 Å². The van der Waals surface area contributed by atoms with E-state index in [4.69, 9.17) is 0 Å². The summed E-state index contributed by atoms with van der Waals surface area (Å²) in [6, 6.07) is 7.32. The molecule has 0 fully saturated rings. The van der Waals surface area contributed by atoms with Crippen LogP contribution < -0.4 is 4.90 Å². The van der Waals surface area contributed by atoms with Crippen molar-refractivity contribution in [1.29, 1.82) is 0 Å². The molecule has 1 aliphatic rings. The molecule has 0 aliphatic carbocycles. The molecule has 0 aromatic heterocycles. The molecule has 0 spiro atoms. The molecule has 1 N–H and O–H groups in total. The average molecular weight is 293 g/mol. The zero-order valence-corrected chi connectivity index (χ0v) is 12.5. The number of thioether (sulfide) groups is 1. The highest BCUT2D eigenvalue weighted by atomic mass is 32.2. The first-order valence-electron chi connectivity index (χ1n) is 6.74. The van der Waals surface area contributed by atoms with Gasteiger partial charge >= 0.3 is 5.97 Å². The van der Waals surface area contributed by atoms with Crippen LogP contribution in [0.15, 0.2) is 24.3 Å². The van der Waals surface area contributed by atoms with Crippen LogP contribution in [-0.2, 0) is 9.59 Å². The van der Waals surface area contributed by atoms with Gasteiger partial charge in [-0.25, -0.2) is 0 Å². The maximum absolute atomic E-state index is 12.3. The predicted molar refractivity (Wildman–Crippen MR) is 81.4 cm³/mol. The standard InChI is InChI=1S/C15H19NO3S/c1-10(2)20-9-14(17)16-8-7-12(15(18)19)11-5-3-4-6-13(11)16/h3-6,10,12H,7-9H2,1-2H3,(H,18,19). The molecule has 2 rings (SSSR count). The minimum atomic E-state index is -0.818. The van der Waals surface area contributed by atoms with Crippen LogP contribution in [0.5, 0.6) is 0 Å². The largest absolute Gasteiger partial charge is 0.481 e. The number of benzene rings is 1. The van der Waals surface area contributed by atoms with Crippen molar-refractivity contribution in [2.45, 2.75) is 31.4 Å². The molecular weight excluding hydrogens is 274 g/mol. The van der Waals surface area contributed by atoms with Crippen LogP contribution in [0.1, 0.15) is 31.7 Å². The van der Waals surface area contributed by atoms with E-state index in [1.54, 1.807) is 16.7 Å². The number of carbonyl (C=O) groups excluding carboxylic acids is 1. The molecule has 1 aromatic carbocycles. The molecule has 0 saturated heterocycles. The molecule has 20 heavy (non-hydrogen) atoms. The minimum Gasteiger partial charge on any atom is -0.481 e. The summed E-state index contributed by atoms with van der Waals surface area (Å²) < 4.78 is 0. The molecule has 1 unspecified atom stereocenters. The van der Waals surface area contributed by atoms with Crippen LogP contribution in [0.25, 0.3) is 0 Å². The second-order valence-corrected chi connectivity index (χ2v) is 6.71. The van der Waals surface area contributed by atoms with E-state index in [-0.39, 0.29) is 5.91 Å². The van der Waals surface area contributed by atoms with Crippen molar-refractivity contribution in [1.82, 2.24) is 0 Å². The Labute approximate surface area is 123 Å². The fraction of sp³-hybridized carbons (Fsp3) is 0.467. The Morgan fingerprint density at radius 1 is 1.40 bits per heavy atom. The molecule has 4 nitrogen and oxygen atoms in total. The molecule has 108 valence electrons. The van der Waals surface area contributed by atoms with Crippen LogP contribution in [0.4, 0.5) is 5.69 Å². The van der Waals surface area contributed by atoms with Crippen molar-refractivity contribution >= 4 is 29.3 Å². The molecule has 1 atom stereocenters. The number of carbonyl (C=O) groups is 2. The number of aliphatic carboxylic acids is 1. The Balaban J connectivity index is 2.23. The zero-order chi connectivity index (χ0) is 14.7. The van der Waals surface area contributed by atoms with E-state index in [2.05, 4.69) is 13.8 Å². The lowest BCUT2D eigenvalue weighted by molar-refractivity contribution is -0.139. The van der Waals surface area contributed by atoms with E-state index in [1.165, 1.54) is 0 Å². The Morgan fingerprint density at radius 3 is 2.75 bits per heavy atom. The maximum atomic E-state index is 12.3. The number of hydrogen-bond acceptors (Lipinski definition) is 3. The third kappa shape index (κ3) is 3.15. The van der Waals surface area contributed by atoms with Crippen molar-refractivity contribution < 1.29 is 14.7 Å². The number of nitrogens with zero attached hydrogens (tertiary/aromatic N) is 1. The summed E-state index contributed by atoms with van der Waals surface area (Å²) in [5.41, 5.74) is 1.50. The minimum absolute atomic E-state index is 0.0555. The lowest BCUT2D eigenvalue weighted by Gasteiger charge is -2.32. The summed E-state index contributed by atoms with van der Waals surface area (Å²) in [6.07, 6.45) is 0.477. The summed E-state index contributed by atoms with van der Waals surface area (Å²) in [7, 11) is 0. The second kappa shape index (κ2) is 6.31. The van der Waals surface area contributed by atoms with Gasteiger partial charge in [0, 0.05) is 12.2 Å². The highest BCUT2D eigenvalue weighted by Crippen LogP contribution is 2.35.